The summed E-state index contributed by atoms with van der Waals surface area (Å²) in [4.78, 5) is 4.24. The first kappa shape index (κ1) is 8.78. The first-order valence-corrected chi connectivity index (χ1v) is 3.65. The highest BCUT2D eigenvalue weighted by atomic mass is 15.0. The van der Waals surface area contributed by atoms with Crippen molar-refractivity contribution in [3.8, 4) is 0 Å². The Labute approximate surface area is 72.9 Å². The van der Waals surface area contributed by atoms with Crippen LogP contribution in [0.5, 0.6) is 0 Å². The van der Waals surface area contributed by atoms with E-state index < -0.39 is 0 Å². The third-order valence-corrected chi connectivity index (χ3v) is 1.88. The van der Waals surface area contributed by atoms with Crippen LogP contribution in [0.2, 0.25) is 0 Å². The van der Waals surface area contributed by atoms with Crippen LogP contribution in [0.3, 0.4) is 0 Å². The monoisotopic (exact) mass is 162 g/mol. The predicted molar refractivity (Wildman–Crippen MR) is 52.2 cm³/mol. The van der Waals surface area contributed by atoms with E-state index in [0.717, 1.165) is 5.52 Å². The maximum absolute atomic E-state index is 4.24. The highest BCUT2D eigenvalue weighted by Gasteiger charge is 1.96. The highest BCUT2D eigenvalue weighted by molar-refractivity contribution is 5.75. The van der Waals surface area contributed by atoms with Crippen molar-refractivity contribution < 1.29 is 0 Å². The average Bonchev–Trinajstić information content (AvgIpc) is 2.32. The van der Waals surface area contributed by atoms with Crippen molar-refractivity contribution in [1.29, 1.82) is 0 Å². The Morgan fingerprint density at radius 3 is 2.83 bits per heavy atom. The van der Waals surface area contributed by atoms with Crippen molar-refractivity contribution in [3.63, 3.8) is 0 Å². The number of nitrogens with zero attached hydrogens (tertiary/aromatic N) is 2. The zero-order valence-corrected chi connectivity index (χ0v) is 6.70. The summed E-state index contributed by atoms with van der Waals surface area (Å²) in [7, 11) is 2.00. The van der Waals surface area contributed by atoms with Gasteiger partial charge in [-0.05, 0) is 24.6 Å². The smallest absolute Gasteiger partial charge is 0.0955 e. The second-order valence-corrected chi connectivity index (χ2v) is 2.85. The Kier molecular flexibility index (Phi) is 2.18. The van der Waals surface area contributed by atoms with Crippen LogP contribution in [0.25, 0.3) is 11.0 Å². The third-order valence-electron chi connectivity index (χ3n) is 1.88. The van der Waals surface area contributed by atoms with Gasteiger partial charge in [0.15, 0.2) is 0 Å². The van der Waals surface area contributed by atoms with Gasteiger partial charge in [0.25, 0.3) is 0 Å². The van der Waals surface area contributed by atoms with Gasteiger partial charge in [-0.1, -0.05) is 13.5 Å². The second kappa shape index (κ2) is 2.97. The first-order chi connectivity index (χ1) is 5.27. The molecule has 0 aliphatic carbocycles. The summed E-state index contributed by atoms with van der Waals surface area (Å²) < 4.78 is 2.02. The molecule has 0 aliphatic heterocycles. The molecule has 64 valence electrons. The molecule has 0 N–H and O–H groups in total. The predicted octanol–water partition coefficient (Wildman–Crippen LogP) is 2.52. The molecule has 1 aromatic heterocycles. The third kappa shape index (κ3) is 1.20. The fourth-order valence-corrected chi connectivity index (χ4v) is 1.25. The summed E-state index contributed by atoms with van der Waals surface area (Å²) in [6, 6.07) is 6.29. The molecule has 2 nitrogen and oxygen atoms in total. The lowest BCUT2D eigenvalue weighted by molar-refractivity contribution is 0.947. The maximum Gasteiger partial charge on any atom is 0.0955 e. The highest BCUT2D eigenvalue weighted by Crippen LogP contribution is 2.12. The average molecular weight is 162 g/mol. The van der Waals surface area contributed by atoms with E-state index in [-0.39, 0.29) is 7.43 Å². The Bertz CT molecular complexity index is 388. The van der Waals surface area contributed by atoms with Crippen LogP contribution in [-0.2, 0) is 7.05 Å². The van der Waals surface area contributed by atoms with Gasteiger partial charge in [0, 0.05) is 7.05 Å². The van der Waals surface area contributed by atoms with Gasteiger partial charge in [0.2, 0.25) is 0 Å². The molecule has 0 atom stereocenters. The van der Waals surface area contributed by atoms with Crippen LogP contribution in [0, 0.1) is 6.92 Å². The van der Waals surface area contributed by atoms with Crippen LogP contribution < -0.4 is 0 Å². The van der Waals surface area contributed by atoms with E-state index in [2.05, 4.69) is 30.1 Å². The molecule has 0 aliphatic rings. The second-order valence-electron chi connectivity index (χ2n) is 2.85. The molecule has 2 rings (SSSR count). The van der Waals surface area contributed by atoms with E-state index in [4.69, 9.17) is 0 Å². The van der Waals surface area contributed by atoms with E-state index in [1.165, 1.54) is 11.1 Å². The molecule has 1 heterocycles. The SMILES string of the molecule is C.Cc1ccc2c(c1)ncn2C. The molecule has 0 spiro atoms. The Morgan fingerprint density at radius 2 is 2.08 bits per heavy atom. The minimum absolute atomic E-state index is 0. The number of rotatable bonds is 0. The van der Waals surface area contributed by atoms with Crippen molar-refractivity contribution in [2.24, 2.45) is 7.05 Å². The molecule has 0 bridgehead atoms. The molecule has 0 saturated carbocycles. The molecule has 0 saturated heterocycles. The van der Waals surface area contributed by atoms with Gasteiger partial charge in [-0.3, -0.25) is 0 Å². The molecule has 12 heavy (non-hydrogen) atoms. The quantitative estimate of drug-likeness (QED) is 0.582. The molecular weight excluding hydrogens is 148 g/mol. The maximum atomic E-state index is 4.24. The molecule has 0 amide bonds. The van der Waals surface area contributed by atoms with Crippen molar-refractivity contribution >= 4 is 11.0 Å². The lowest BCUT2D eigenvalue weighted by Crippen LogP contribution is -1.82. The standard InChI is InChI=1S/C9H10N2.CH4/c1-7-3-4-9-8(5-7)10-6-11(9)2;/h3-6H,1-2H3;1H4. The summed E-state index contributed by atoms with van der Waals surface area (Å²) in [5.41, 5.74) is 3.53. The summed E-state index contributed by atoms with van der Waals surface area (Å²) in [6.45, 7) is 2.08. The van der Waals surface area contributed by atoms with Gasteiger partial charge < -0.3 is 4.57 Å². The zero-order valence-electron chi connectivity index (χ0n) is 6.70. The van der Waals surface area contributed by atoms with Crippen LogP contribution in [0.15, 0.2) is 24.5 Å². The molecular formula is C10H14N2. The summed E-state index contributed by atoms with van der Waals surface area (Å²) in [5, 5.41) is 0. The van der Waals surface area contributed by atoms with Gasteiger partial charge >= 0.3 is 0 Å². The van der Waals surface area contributed by atoms with E-state index in [9.17, 15) is 0 Å². The minimum Gasteiger partial charge on any atom is -0.334 e. The Balaban J connectivity index is 0.000000720. The zero-order chi connectivity index (χ0) is 7.84. The van der Waals surface area contributed by atoms with E-state index >= 15 is 0 Å². The van der Waals surface area contributed by atoms with Crippen LogP contribution in [-0.4, -0.2) is 9.55 Å². The molecule has 0 fully saturated rings. The number of aryl methyl sites for hydroxylation is 2. The number of aromatic nitrogens is 2. The van der Waals surface area contributed by atoms with Gasteiger partial charge in [0.1, 0.15) is 0 Å². The lowest BCUT2D eigenvalue weighted by atomic mass is 10.2. The number of hydrogen-bond donors (Lipinski definition) is 0. The van der Waals surface area contributed by atoms with E-state index in [1.807, 2.05) is 17.9 Å². The Morgan fingerprint density at radius 1 is 1.33 bits per heavy atom. The largest absolute Gasteiger partial charge is 0.334 e. The van der Waals surface area contributed by atoms with Gasteiger partial charge in [-0.15, -0.1) is 0 Å². The van der Waals surface area contributed by atoms with Crippen molar-refractivity contribution in [1.82, 2.24) is 9.55 Å². The topological polar surface area (TPSA) is 17.8 Å². The normalized spacial score (nSPS) is 9.83. The van der Waals surface area contributed by atoms with E-state index in [1.54, 1.807) is 0 Å². The fourth-order valence-electron chi connectivity index (χ4n) is 1.25. The molecule has 2 aromatic rings. The van der Waals surface area contributed by atoms with Crippen molar-refractivity contribution in [2.45, 2.75) is 14.4 Å². The van der Waals surface area contributed by atoms with E-state index in [0.29, 0.717) is 0 Å². The van der Waals surface area contributed by atoms with Gasteiger partial charge in [0.05, 0.1) is 17.4 Å². The molecule has 2 heteroatoms. The molecule has 0 unspecified atom stereocenters. The number of benzene rings is 1. The summed E-state index contributed by atoms with van der Waals surface area (Å²) in [6.07, 6.45) is 1.84. The van der Waals surface area contributed by atoms with Gasteiger partial charge in [-0.2, -0.15) is 0 Å². The van der Waals surface area contributed by atoms with Crippen LogP contribution in [0.4, 0.5) is 0 Å². The summed E-state index contributed by atoms with van der Waals surface area (Å²) in [5.74, 6) is 0. The van der Waals surface area contributed by atoms with Crippen LogP contribution >= 0.6 is 0 Å². The van der Waals surface area contributed by atoms with Crippen molar-refractivity contribution in [3.05, 3.63) is 30.1 Å². The van der Waals surface area contributed by atoms with Crippen molar-refractivity contribution in [2.75, 3.05) is 0 Å². The fraction of sp³-hybridized carbons (Fsp3) is 0.300. The molecule has 1 aromatic carbocycles. The van der Waals surface area contributed by atoms with Crippen LogP contribution in [0.1, 0.15) is 13.0 Å². The lowest BCUT2D eigenvalue weighted by Gasteiger charge is -1.93. The minimum atomic E-state index is 0. The Hall–Kier alpha value is -1.31. The number of imidazole rings is 1. The molecule has 0 radical (unpaired) electrons. The summed E-state index contributed by atoms with van der Waals surface area (Å²) >= 11 is 0. The number of hydrogen-bond acceptors (Lipinski definition) is 1. The van der Waals surface area contributed by atoms with Gasteiger partial charge in [-0.25, -0.2) is 4.98 Å². The number of fused-ring (bicyclic) bond motifs is 1. The first-order valence-electron chi connectivity index (χ1n) is 3.65.